The molecule has 36 heavy (non-hydrogen) atoms. The minimum absolute atomic E-state index is 0.112. The van der Waals surface area contributed by atoms with Crippen molar-refractivity contribution in [2.75, 3.05) is 13.1 Å². The van der Waals surface area contributed by atoms with Crippen molar-refractivity contribution in [3.8, 4) is 11.3 Å². The van der Waals surface area contributed by atoms with Crippen molar-refractivity contribution in [2.45, 2.75) is 26.2 Å². The van der Waals surface area contributed by atoms with Gasteiger partial charge in [0.25, 0.3) is 5.91 Å². The lowest BCUT2D eigenvalue weighted by atomic mass is 9.89. The summed E-state index contributed by atoms with van der Waals surface area (Å²) in [5.41, 5.74) is 7.07. The number of hydrogen-bond donors (Lipinski definition) is 0. The third-order valence-electron chi connectivity index (χ3n) is 7.35. The Morgan fingerprint density at radius 3 is 2.50 bits per heavy atom. The predicted molar refractivity (Wildman–Crippen MR) is 146 cm³/mol. The number of carbonyl (C=O) groups is 1. The van der Waals surface area contributed by atoms with Gasteiger partial charge in [0.15, 0.2) is 0 Å². The van der Waals surface area contributed by atoms with Crippen LogP contribution in [0.4, 0.5) is 0 Å². The Hall–Kier alpha value is -4.05. The van der Waals surface area contributed by atoms with Crippen LogP contribution in [-0.2, 0) is 6.42 Å². The SMILES string of the molecule is Cc1ccc2cc(CC3CCN(C(=O)c4cccc5nc(-c6ccccc6)ccc45)CC3)ccc2n1. The number of benzene rings is 3. The molecule has 1 aliphatic rings. The molecule has 0 spiro atoms. The van der Waals surface area contributed by atoms with E-state index in [-0.39, 0.29) is 5.91 Å². The van der Waals surface area contributed by atoms with E-state index in [1.165, 1.54) is 10.9 Å². The highest BCUT2D eigenvalue weighted by Crippen LogP contribution is 2.27. The largest absolute Gasteiger partial charge is 0.339 e. The zero-order valence-corrected chi connectivity index (χ0v) is 20.5. The maximum atomic E-state index is 13.5. The summed E-state index contributed by atoms with van der Waals surface area (Å²) in [6.07, 6.45) is 3.10. The average Bonchev–Trinajstić information content (AvgIpc) is 2.93. The molecule has 6 rings (SSSR count). The molecule has 0 saturated carbocycles. The van der Waals surface area contributed by atoms with Crippen molar-refractivity contribution in [3.05, 3.63) is 108 Å². The first kappa shape index (κ1) is 22.4. The van der Waals surface area contributed by atoms with Crippen LogP contribution in [0.5, 0.6) is 0 Å². The Labute approximate surface area is 211 Å². The van der Waals surface area contributed by atoms with Crippen molar-refractivity contribution >= 4 is 27.7 Å². The molecule has 4 nitrogen and oxygen atoms in total. The maximum Gasteiger partial charge on any atom is 0.254 e. The topological polar surface area (TPSA) is 46.1 Å². The maximum absolute atomic E-state index is 13.5. The predicted octanol–water partition coefficient (Wildman–Crippen LogP) is 6.85. The second-order valence-electron chi connectivity index (χ2n) is 9.85. The summed E-state index contributed by atoms with van der Waals surface area (Å²) in [5.74, 6) is 0.702. The van der Waals surface area contributed by atoms with E-state index < -0.39 is 0 Å². The number of likely N-dealkylation sites (tertiary alicyclic amines) is 1. The van der Waals surface area contributed by atoms with Crippen LogP contribution in [-0.4, -0.2) is 33.9 Å². The van der Waals surface area contributed by atoms with E-state index in [0.29, 0.717) is 5.92 Å². The molecule has 3 heterocycles. The summed E-state index contributed by atoms with van der Waals surface area (Å²) < 4.78 is 0. The minimum atomic E-state index is 0.112. The number of aromatic nitrogens is 2. The van der Waals surface area contributed by atoms with E-state index in [0.717, 1.165) is 71.3 Å². The smallest absolute Gasteiger partial charge is 0.254 e. The Kier molecular flexibility index (Phi) is 5.94. The minimum Gasteiger partial charge on any atom is -0.339 e. The van der Waals surface area contributed by atoms with Gasteiger partial charge in [-0.3, -0.25) is 9.78 Å². The molecule has 0 unspecified atom stereocenters. The van der Waals surface area contributed by atoms with Crippen molar-refractivity contribution in [3.63, 3.8) is 0 Å². The number of carbonyl (C=O) groups excluding carboxylic acids is 1. The fourth-order valence-electron chi connectivity index (χ4n) is 5.36. The van der Waals surface area contributed by atoms with Crippen molar-refractivity contribution in [1.29, 1.82) is 0 Å². The van der Waals surface area contributed by atoms with E-state index in [9.17, 15) is 4.79 Å². The van der Waals surface area contributed by atoms with Gasteiger partial charge in [0.1, 0.15) is 0 Å². The summed E-state index contributed by atoms with van der Waals surface area (Å²) in [4.78, 5) is 25.0. The van der Waals surface area contributed by atoms with Gasteiger partial charge in [-0.2, -0.15) is 0 Å². The van der Waals surface area contributed by atoms with E-state index in [2.05, 4.69) is 47.4 Å². The quantitative estimate of drug-likeness (QED) is 0.288. The summed E-state index contributed by atoms with van der Waals surface area (Å²) in [5, 5.41) is 2.12. The Bertz CT molecular complexity index is 1550. The van der Waals surface area contributed by atoms with Gasteiger partial charge in [0.05, 0.1) is 16.7 Å². The van der Waals surface area contributed by atoms with Crippen LogP contribution in [0.15, 0.2) is 91.0 Å². The summed E-state index contributed by atoms with van der Waals surface area (Å²) in [7, 11) is 0. The first-order valence-corrected chi connectivity index (χ1v) is 12.7. The lowest BCUT2D eigenvalue weighted by Gasteiger charge is -2.32. The molecule has 0 N–H and O–H groups in total. The molecule has 1 fully saturated rings. The zero-order valence-electron chi connectivity index (χ0n) is 20.5. The van der Waals surface area contributed by atoms with E-state index in [1.807, 2.05) is 60.4 Å². The Morgan fingerprint density at radius 1 is 0.833 bits per heavy atom. The van der Waals surface area contributed by atoms with Crippen LogP contribution in [0.2, 0.25) is 0 Å². The molecule has 1 aliphatic heterocycles. The highest BCUT2D eigenvalue weighted by molar-refractivity contribution is 6.06. The van der Waals surface area contributed by atoms with E-state index >= 15 is 0 Å². The monoisotopic (exact) mass is 471 g/mol. The highest BCUT2D eigenvalue weighted by Gasteiger charge is 2.25. The summed E-state index contributed by atoms with van der Waals surface area (Å²) in [6, 6.07) is 30.9. The number of rotatable bonds is 4. The van der Waals surface area contributed by atoms with Gasteiger partial charge < -0.3 is 4.90 Å². The number of fused-ring (bicyclic) bond motifs is 2. The lowest BCUT2D eigenvalue weighted by molar-refractivity contribution is 0.0692. The second-order valence-corrected chi connectivity index (χ2v) is 9.85. The molecule has 2 aromatic heterocycles. The van der Waals surface area contributed by atoms with Crippen molar-refractivity contribution in [1.82, 2.24) is 14.9 Å². The molecule has 178 valence electrons. The van der Waals surface area contributed by atoms with Gasteiger partial charge in [-0.15, -0.1) is 0 Å². The third-order valence-corrected chi connectivity index (χ3v) is 7.35. The molecule has 1 saturated heterocycles. The number of nitrogens with zero attached hydrogens (tertiary/aromatic N) is 3. The molecule has 0 radical (unpaired) electrons. The Morgan fingerprint density at radius 2 is 1.67 bits per heavy atom. The summed E-state index contributed by atoms with van der Waals surface area (Å²) >= 11 is 0. The van der Waals surface area contributed by atoms with E-state index in [4.69, 9.17) is 4.98 Å². The number of amides is 1. The van der Waals surface area contributed by atoms with Crippen molar-refractivity contribution in [2.24, 2.45) is 5.92 Å². The fourth-order valence-corrected chi connectivity index (χ4v) is 5.36. The van der Waals surface area contributed by atoms with Gasteiger partial charge in [0, 0.05) is 40.7 Å². The number of hydrogen-bond acceptors (Lipinski definition) is 3. The second kappa shape index (κ2) is 9.54. The van der Waals surface area contributed by atoms with Gasteiger partial charge in [0.2, 0.25) is 0 Å². The van der Waals surface area contributed by atoms with Gasteiger partial charge in [-0.1, -0.05) is 48.5 Å². The molecule has 0 bridgehead atoms. The Balaban J connectivity index is 1.15. The van der Waals surface area contributed by atoms with Crippen LogP contribution in [0.3, 0.4) is 0 Å². The summed E-state index contributed by atoms with van der Waals surface area (Å²) in [6.45, 7) is 3.62. The molecule has 3 aromatic carbocycles. The van der Waals surface area contributed by atoms with Crippen LogP contribution in [0, 0.1) is 12.8 Å². The average molecular weight is 472 g/mol. The third kappa shape index (κ3) is 4.47. The molecule has 5 aromatic rings. The molecule has 1 amide bonds. The van der Waals surface area contributed by atoms with Gasteiger partial charge in [-0.25, -0.2) is 4.98 Å². The fraction of sp³-hybridized carbons (Fsp3) is 0.219. The number of piperidine rings is 1. The van der Waals surface area contributed by atoms with Crippen molar-refractivity contribution < 1.29 is 4.79 Å². The van der Waals surface area contributed by atoms with Gasteiger partial charge in [-0.05, 0) is 80.1 Å². The molecule has 0 aliphatic carbocycles. The molecular weight excluding hydrogens is 442 g/mol. The molecule has 0 atom stereocenters. The normalized spacial score (nSPS) is 14.4. The van der Waals surface area contributed by atoms with Crippen LogP contribution >= 0.6 is 0 Å². The lowest BCUT2D eigenvalue weighted by Crippen LogP contribution is -2.39. The first-order chi connectivity index (χ1) is 17.6. The van der Waals surface area contributed by atoms with Gasteiger partial charge >= 0.3 is 0 Å². The highest BCUT2D eigenvalue weighted by atomic mass is 16.2. The number of aryl methyl sites for hydroxylation is 1. The van der Waals surface area contributed by atoms with Crippen LogP contribution < -0.4 is 0 Å². The molecular formula is C32H29N3O. The number of pyridine rings is 2. The first-order valence-electron chi connectivity index (χ1n) is 12.7. The van der Waals surface area contributed by atoms with Crippen LogP contribution in [0.25, 0.3) is 33.1 Å². The van der Waals surface area contributed by atoms with E-state index in [1.54, 1.807) is 0 Å². The molecule has 4 heteroatoms. The standard InChI is InChI=1S/C32H29N3O/c1-22-10-12-26-21-24(11-14-30(26)33-22)20-23-16-18-35(19-17-23)32(36)28-8-5-9-31-27(28)13-15-29(34-31)25-6-3-2-4-7-25/h2-15,21,23H,16-20H2,1H3. The zero-order chi connectivity index (χ0) is 24.5. The van der Waals surface area contributed by atoms with Crippen LogP contribution in [0.1, 0.15) is 34.5 Å².